The predicted molar refractivity (Wildman–Crippen MR) is 80.0 cm³/mol. The molecule has 2 rings (SSSR count). The molecule has 6 heteroatoms. The van der Waals surface area contributed by atoms with Gasteiger partial charge in [0.1, 0.15) is 12.4 Å². The number of halogens is 3. The van der Waals surface area contributed by atoms with Crippen LogP contribution in [0.3, 0.4) is 0 Å². The van der Waals surface area contributed by atoms with Gasteiger partial charge in [-0.1, -0.05) is 25.1 Å². The van der Waals surface area contributed by atoms with E-state index in [1.54, 1.807) is 0 Å². The van der Waals surface area contributed by atoms with Gasteiger partial charge in [-0.2, -0.15) is 13.2 Å². The van der Waals surface area contributed by atoms with Crippen molar-refractivity contribution < 1.29 is 17.9 Å². The molecule has 3 nitrogen and oxygen atoms in total. The molecule has 0 spiro atoms. The lowest BCUT2D eigenvalue weighted by atomic mass is 10.1. The molecule has 0 saturated carbocycles. The largest absolute Gasteiger partial charge is 0.492 e. The zero-order valence-electron chi connectivity index (χ0n) is 12.9. The Kier molecular flexibility index (Phi) is 6.08. The average Bonchev–Trinajstić information content (AvgIpc) is 2.49. The first-order chi connectivity index (χ1) is 10.4. The standard InChI is InChI=1S/C16H23F3N2O/c1-14(16(17,18)19)13-21-9-7-20(8-10-21)11-12-22-15-5-3-2-4-6-15/h2-6,14H,7-13H2,1H3/t14-/m1/s1. The van der Waals surface area contributed by atoms with E-state index in [-0.39, 0.29) is 6.54 Å². The highest BCUT2D eigenvalue weighted by Gasteiger charge is 2.37. The number of alkyl halides is 3. The van der Waals surface area contributed by atoms with E-state index in [0.717, 1.165) is 25.4 Å². The first-order valence-electron chi connectivity index (χ1n) is 7.64. The van der Waals surface area contributed by atoms with Crippen LogP contribution in [0.4, 0.5) is 13.2 Å². The highest BCUT2D eigenvalue weighted by atomic mass is 19.4. The second-order valence-corrected chi connectivity index (χ2v) is 5.75. The van der Waals surface area contributed by atoms with Crippen LogP contribution in [0.5, 0.6) is 5.75 Å². The topological polar surface area (TPSA) is 15.7 Å². The molecular formula is C16H23F3N2O. The molecule has 1 aromatic carbocycles. The fourth-order valence-corrected chi connectivity index (χ4v) is 2.50. The van der Waals surface area contributed by atoms with Crippen molar-refractivity contribution in [2.24, 2.45) is 5.92 Å². The minimum Gasteiger partial charge on any atom is -0.492 e. The highest BCUT2D eigenvalue weighted by Crippen LogP contribution is 2.26. The summed E-state index contributed by atoms with van der Waals surface area (Å²) in [5.41, 5.74) is 0. The van der Waals surface area contributed by atoms with Gasteiger partial charge in [-0.3, -0.25) is 4.90 Å². The molecule has 1 saturated heterocycles. The molecule has 1 aliphatic rings. The summed E-state index contributed by atoms with van der Waals surface area (Å²) in [6.45, 7) is 5.71. The van der Waals surface area contributed by atoms with Crippen LogP contribution in [0.25, 0.3) is 0 Å². The van der Waals surface area contributed by atoms with Crippen LogP contribution in [0.1, 0.15) is 6.92 Å². The minimum atomic E-state index is -4.10. The number of nitrogens with zero attached hydrogens (tertiary/aromatic N) is 2. The zero-order chi connectivity index (χ0) is 16.0. The second-order valence-electron chi connectivity index (χ2n) is 5.75. The Labute approximate surface area is 129 Å². The van der Waals surface area contributed by atoms with Crippen molar-refractivity contribution in [2.75, 3.05) is 45.9 Å². The maximum absolute atomic E-state index is 12.6. The number of piperazine rings is 1. The minimum absolute atomic E-state index is 0.0951. The van der Waals surface area contributed by atoms with E-state index in [4.69, 9.17) is 4.74 Å². The Morgan fingerprint density at radius 1 is 1.05 bits per heavy atom. The fraction of sp³-hybridized carbons (Fsp3) is 0.625. The van der Waals surface area contributed by atoms with E-state index in [0.29, 0.717) is 19.7 Å². The number of rotatable bonds is 6. The van der Waals surface area contributed by atoms with Crippen molar-refractivity contribution in [1.82, 2.24) is 9.80 Å². The van der Waals surface area contributed by atoms with Crippen LogP contribution in [0, 0.1) is 5.92 Å². The van der Waals surface area contributed by atoms with Crippen LogP contribution in [-0.2, 0) is 0 Å². The third kappa shape index (κ3) is 5.50. The van der Waals surface area contributed by atoms with Crippen LogP contribution >= 0.6 is 0 Å². The summed E-state index contributed by atoms with van der Waals surface area (Å²) in [4.78, 5) is 4.13. The second kappa shape index (κ2) is 7.83. The Balaban J connectivity index is 1.63. The SMILES string of the molecule is C[C@H](CN1CCN(CCOc2ccccc2)CC1)C(F)(F)F. The number of hydrogen-bond donors (Lipinski definition) is 0. The summed E-state index contributed by atoms with van der Waals surface area (Å²) >= 11 is 0. The molecule has 0 radical (unpaired) electrons. The van der Waals surface area contributed by atoms with Crippen molar-refractivity contribution in [1.29, 1.82) is 0 Å². The quantitative estimate of drug-likeness (QED) is 0.802. The summed E-state index contributed by atoms with van der Waals surface area (Å²) in [5.74, 6) is -0.416. The molecule has 1 heterocycles. The molecule has 22 heavy (non-hydrogen) atoms. The summed E-state index contributed by atoms with van der Waals surface area (Å²) in [7, 11) is 0. The van der Waals surface area contributed by atoms with Crippen LogP contribution in [0.2, 0.25) is 0 Å². The normalized spacial score (nSPS) is 19.1. The number of para-hydroxylation sites is 1. The van der Waals surface area contributed by atoms with Gasteiger partial charge >= 0.3 is 6.18 Å². The Bertz CT molecular complexity index is 431. The third-order valence-electron chi connectivity index (χ3n) is 3.98. The first kappa shape index (κ1) is 17.1. The highest BCUT2D eigenvalue weighted by molar-refractivity contribution is 5.20. The van der Waals surface area contributed by atoms with E-state index in [2.05, 4.69) is 4.90 Å². The summed E-state index contributed by atoms with van der Waals surface area (Å²) in [6, 6.07) is 9.62. The van der Waals surface area contributed by atoms with Crippen molar-refractivity contribution in [3.05, 3.63) is 30.3 Å². The van der Waals surface area contributed by atoms with E-state index >= 15 is 0 Å². The average molecular weight is 316 g/mol. The van der Waals surface area contributed by atoms with Gasteiger partial charge < -0.3 is 9.64 Å². The Hall–Kier alpha value is -1.27. The molecule has 1 aliphatic heterocycles. The zero-order valence-corrected chi connectivity index (χ0v) is 12.9. The van der Waals surface area contributed by atoms with Gasteiger partial charge in [-0.05, 0) is 12.1 Å². The molecule has 124 valence electrons. The third-order valence-corrected chi connectivity index (χ3v) is 3.98. The van der Waals surface area contributed by atoms with Crippen LogP contribution in [0.15, 0.2) is 30.3 Å². The molecule has 1 fully saturated rings. The molecule has 0 aromatic heterocycles. The molecule has 0 N–H and O–H groups in total. The molecule has 0 bridgehead atoms. The molecule has 0 unspecified atom stereocenters. The van der Waals surface area contributed by atoms with E-state index < -0.39 is 12.1 Å². The Morgan fingerprint density at radius 2 is 1.64 bits per heavy atom. The number of hydrogen-bond acceptors (Lipinski definition) is 3. The van der Waals surface area contributed by atoms with Gasteiger partial charge in [0.05, 0.1) is 5.92 Å². The van der Waals surface area contributed by atoms with Crippen molar-refractivity contribution in [3.63, 3.8) is 0 Å². The van der Waals surface area contributed by atoms with Crippen molar-refractivity contribution in [3.8, 4) is 5.75 Å². The molecular weight excluding hydrogens is 293 g/mol. The summed E-state index contributed by atoms with van der Waals surface area (Å²) in [5, 5.41) is 0. The molecule has 0 aliphatic carbocycles. The van der Waals surface area contributed by atoms with Gasteiger partial charge in [-0.15, -0.1) is 0 Å². The Morgan fingerprint density at radius 3 is 2.23 bits per heavy atom. The molecule has 1 aromatic rings. The van der Waals surface area contributed by atoms with Gasteiger partial charge in [0, 0.05) is 39.3 Å². The maximum Gasteiger partial charge on any atom is 0.392 e. The first-order valence-corrected chi connectivity index (χ1v) is 7.64. The fourth-order valence-electron chi connectivity index (χ4n) is 2.50. The van der Waals surface area contributed by atoms with Crippen LogP contribution in [-0.4, -0.2) is 61.9 Å². The van der Waals surface area contributed by atoms with Crippen molar-refractivity contribution >= 4 is 0 Å². The predicted octanol–water partition coefficient (Wildman–Crippen LogP) is 2.88. The lowest BCUT2D eigenvalue weighted by Crippen LogP contribution is -2.49. The van der Waals surface area contributed by atoms with Gasteiger partial charge in [0.25, 0.3) is 0 Å². The van der Waals surface area contributed by atoms with E-state index in [1.807, 2.05) is 35.2 Å². The lowest BCUT2D eigenvalue weighted by Gasteiger charge is -2.36. The summed E-state index contributed by atoms with van der Waals surface area (Å²) < 4.78 is 43.3. The van der Waals surface area contributed by atoms with Crippen LogP contribution < -0.4 is 4.74 Å². The van der Waals surface area contributed by atoms with Gasteiger partial charge in [0.2, 0.25) is 0 Å². The monoisotopic (exact) mass is 316 g/mol. The number of ether oxygens (including phenoxy) is 1. The molecule has 1 atom stereocenters. The van der Waals surface area contributed by atoms with Crippen molar-refractivity contribution in [2.45, 2.75) is 13.1 Å². The van der Waals surface area contributed by atoms with Gasteiger partial charge in [-0.25, -0.2) is 0 Å². The molecule has 0 amide bonds. The van der Waals surface area contributed by atoms with E-state index in [9.17, 15) is 13.2 Å². The summed E-state index contributed by atoms with van der Waals surface area (Å²) in [6.07, 6.45) is -4.10. The number of benzene rings is 1. The lowest BCUT2D eigenvalue weighted by molar-refractivity contribution is -0.174. The smallest absolute Gasteiger partial charge is 0.392 e. The van der Waals surface area contributed by atoms with E-state index in [1.165, 1.54) is 6.92 Å². The maximum atomic E-state index is 12.6. The van der Waals surface area contributed by atoms with Gasteiger partial charge in [0.15, 0.2) is 0 Å².